The molecule has 3 nitrogen and oxygen atoms in total. The summed E-state index contributed by atoms with van der Waals surface area (Å²) in [7, 11) is 0. The lowest BCUT2D eigenvalue weighted by atomic mass is 9.93. The van der Waals surface area contributed by atoms with Gasteiger partial charge in [0.05, 0.1) is 6.54 Å². The van der Waals surface area contributed by atoms with Crippen LogP contribution in [0.1, 0.15) is 26.2 Å². The van der Waals surface area contributed by atoms with Crippen LogP contribution in [-0.4, -0.2) is 43.4 Å². The van der Waals surface area contributed by atoms with Crippen LogP contribution < -0.4 is 5.32 Å². The molecule has 0 spiro atoms. The molecule has 0 aromatic carbocycles. The fraction of sp³-hybridized carbons (Fsp3) is 0.909. The molecular weight excluding hydrogens is 214 g/mol. The fourth-order valence-corrected chi connectivity index (χ4v) is 2.10. The van der Waals surface area contributed by atoms with Crippen LogP contribution in [0.4, 0.5) is 8.78 Å². The largest absolute Gasteiger partial charge is 0.356 e. The maximum absolute atomic E-state index is 12.1. The molecule has 1 rings (SSSR count). The van der Waals surface area contributed by atoms with E-state index in [-0.39, 0.29) is 12.5 Å². The minimum absolute atomic E-state index is 0.0785. The number of halogens is 2. The van der Waals surface area contributed by atoms with Crippen molar-refractivity contribution in [2.24, 2.45) is 5.92 Å². The van der Waals surface area contributed by atoms with Crippen molar-refractivity contribution in [2.45, 2.75) is 32.6 Å². The third-order valence-electron chi connectivity index (χ3n) is 2.95. The van der Waals surface area contributed by atoms with Crippen molar-refractivity contribution >= 4 is 5.91 Å². The van der Waals surface area contributed by atoms with E-state index in [1.54, 1.807) is 4.90 Å². The third kappa shape index (κ3) is 4.88. The van der Waals surface area contributed by atoms with E-state index < -0.39 is 6.43 Å². The normalized spacial score (nSPS) is 19.0. The average Bonchev–Trinajstić information content (AvgIpc) is 2.20. The summed E-state index contributed by atoms with van der Waals surface area (Å²) in [5, 5.41) is 2.76. The Balaban J connectivity index is 2.19. The number of alkyl halides is 2. The van der Waals surface area contributed by atoms with Gasteiger partial charge in [-0.3, -0.25) is 9.69 Å². The van der Waals surface area contributed by atoms with Crippen molar-refractivity contribution < 1.29 is 13.6 Å². The SMILES string of the molecule is CCNC(=O)CC1CCN(CC(F)F)CC1. The highest BCUT2D eigenvalue weighted by molar-refractivity contribution is 5.76. The van der Waals surface area contributed by atoms with Crippen molar-refractivity contribution in [3.05, 3.63) is 0 Å². The van der Waals surface area contributed by atoms with Crippen LogP contribution in [0.3, 0.4) is 0 Å². The molecule has 1 fully saturated rings. The van der Waals surface area contributed by atoms with Crippen molar-refractivity contribution in [3.63, 3.8) is 0 Å². The van der Waals surface area contributed by atoms with Gasteiger partial charge in [0.1, 0.15) is 0 Å². The Morgan fingerprint density at radius 3 is 2.56 bits per heavy atom. The molecule has 0 bridgehead atoms. The summed E-state index contributed by atoms with van der Waals surface area (Å²) in [6.07, 6.45) is -0.00991. The van der Waals surface area contributed by atoms with Gasteiger partial charge in [-0.05, 0) is 38.8 Å². The molecule has 1 saturated heterocycles. The monoisotopic (exact) mass is 234 g/mol. The first-order valence-electron chi connectivity index (χ1n) is 5.89. The molecule has 1 heterocycles. The first kappa shape index (κ1) is 13.4. The second-order valence-corrected chi connectivity index (χ2v) is 4.29. The summed E-state index contributed by atoms with van der Waals surface area (Å²) in [5.74, 6) is 0.440. The van der Waals surface area contributed by atoms with E-state index in [0.717, 1.165) is 12.8 Å². The Morgan fingerprint density at radius 1 is 1.44 bits per heavy atom. The predicted molar refractivity (Wildman–Crippen MR) is 58.5 cm³/mol. The topological polar surface area (TPSA) is 32.3 Å². The summed E-state index contributed by atoms with van der Waals surface area (Å²) in [6.45, 7) is 3.79. The lowest BCUT2D eigenvalue weighted by molar-refractivity contribution is -0.122. The van der Waals surface area contributed by atoms with Gasteiger partial charge in [0.25, 0.3) is 6.43 Å². The fourth-order valence-electron chi connectivity index (χ4n) is 2.10. The number of rotatable bonds is 5. The molecule has 0 saturated carbocycles. The van der Waals surface area contributed by atoms with Gasteiger partial charge in [-0.2, -0.15) is 0 Å². The average molecular weight is 234 g/mol. The second kappa shape index (κ2) is 6.78. The van der Waals surface area contributed by atoms with Gasteiger partial charge in [0, 0.05) is 13.0 Å². The van der Waals surface area contributed by atoms with E-state index in [9.17, 15) is 13.6 Å². The number of amides is 1. The van der Waals surface area contributed by atoms with Crippen LogP contribution in [0.15, 0.2) is 0 Å². The molecule has 0 atom stereocenters. The highest BCUT2D eigenvalue weighted by Crippen LogP contribution is 2.20. The number of carbonyl (C=O) groups is 1. The van der Waals surface area contributed by atoms with Crippen LogP contribution in [-0.2, 0) is 4.79 Å². The maximum atomic E-state index is 12.1. The van der Waals surface area contributed by atoms with Gasteiger partial charge in [0.2, 0.25) is 5.91 Å². The van der Waals surface area contributed by atoms with Crippen LogP contribution in [0, 0.1) is 5.92 Å². The van der Waals surface area contributed by atoms with E-state index in [2.05, 4.69) is 5.32 Å². The highest BCUT2D eigenvalue weighted by Gasteiger charge is 2.22. The number of likely N-dealkylation sites (tertiary alicyclic amines) is 1. The minimum Gasteiger partial charge on any atom is -0.356 e. The number of piperidine rings is 1. The van der Waals surface area contributed by atoms with Crippen LogP contribution in [0.25, 0.3) is 0 Å². The van der Waals surface area contributed by atoms with Crippen molar-refractivity contribution in [1.29, 1.82) is 0 Å². The second-order valence-electron chi connectivity index (χ2n) is 4.29. The zero-order valence-electron chi connectivity index (χ0n) is 9.72. The van der Waals surface area contributed by atoms with Gasteiger partial charge < -0.3 is 5.32 Å². The molecule has 0 aliphatic carbocycles. The zero-order chi connectivity index (χ0) is 12.0. The summed E-state index contributed by atoms with van der Waals surface area (Å²) in [5.41, 5.74) is 0. The molecule has 5 heteroatoms. The highest BCUT2D eigenvalue weighted by atomic mass is 19.3. The summed E-state index contributed by atoms with van der Waals surface area (Å²) < 4.78 is 24.2. The lowest BCUT2D eigenvalue weighted by Gasteiger charge is -2.31. The summed E-state index contributed by atoms with van der Waals surface area (Å²) in [4.78, 5) is 13.1. The van der Waals surface area contributed by atoms with Gasteiger partial charge >= 0.3 is 0 Å². The minimum atomic E-state index is -2.25. The van der Waals surface area contributed by atoms with Crippen LogP contribution >= 0.6 is 0 Å². The molecule has 0 radical (unpaired) electrons. The first-order valence-corrected chi connectivity index (χ1v) is 5.89. The Labute approximate surface area is 95.2 Å². The number of hydrogen-bond acceptors (Lipinski definition) is 2. The quantitative estimate of drug-likeness (QED) is 0.781. The molecule has 1 N–H and O–H groups in total. The standard InChI is InChI=1S/C11H20F2N2O/c1-2-14-11(16)7-9-3-5-15(6-4-9)8-10(12)13/h9-10H,2-8H2,1H3,(H,14,16). The van der Waals surface area contributed by atoms with Crippen molar-refractivity contribution in [2.75, 3.05) is 26.2 Å². The Kier molecular flexibility index (Phi) is 5.66. The Morgan fingerprint density at radius 2 is 2.06 bits per heavy atom. The predicted octanol–water partition coefficient (Wildman–Crippen LogP) is 1.49. The molecule has 0 unspecified atom stereocenters. The smallest absolute Gasteiger partial charge is 0.251 e. The van der Waals surface area contributed by atoms with Crippen LogP contribution in [0.2, 0.25) is 0 Å². The molecule has 0 aromatic heterocycles. The third-order valence-corrected chi connectivity index (χ3v) is 2.95. The lowest BCUT2D eigenvalue weighted by Crippen LogP contribution is -2.38. The van der Waals surface area contributed by atoms with E-state index >= 15 is 0 Å². The molecule has 1 aliphatic heterocycles. The molecule has 16 heavy (non-hydrogen) atoms. The van der Waals surface area contributed by atoms with Gasteiger partial charge in [-0.15, -0.1) is 0 Å². The number of nitrogens with zero attached hydrogens (tertiary/aromatic N) is 1. The van der Waals surface area contributed by atoms with Crippen LogP contribution in [0.5, 0.6) is 0 Å². The van der Waals surface area contributed by atoms with Gasteiger partial charge in [-0.1, -0.05) is 0 Å². The van der Waals surface area contributed by atoms with Gasteiger partial charge in [0.15, 0.2) is 0 Å². The molecular formula is C11H20F2N2O. The van der Waals surface area contributed by atoms with E-state index in [0.29, 0.717) is 32.0 Å². The van der Waals surface area contributed by atoms with Crippen molar-refractivity contribution in [1.82, 2.24) is 10.2 Å². The molecule has 1 aliphatic rings. The number of hydrogen-bond donors (Lipinski definition) is 1. The molecule has 94 valence electrons. The Bertz CT molecular complexity index is 216. The summed E-state index contributed by atoms with van der Waals surface area (Å²) in [6, 6.07) is 0. The molecule has 0 aromatic rings. The Hall–Kier alpha value is -0.710. The van der Waals surface area contributed by atoms with E-state index in [1.807, 2.05) is 6.92 Å². The van der Waals surface area contributed by atoms with Gasteiger partial charge in [-0.25, -0.2) is 8.78 Å². The van der Waals surface area contributed by atoms with E-state index in [1.165, 1.54) is 0 Å². The number of nitrogens with one attached hydrogen (secondary N) is 1. The molecule has 1 amide bonds. The van der Waals surface area contributed by atoms with Crippen molar-refractivity contribution in [3.8, 4) is 0 Å². The maximum Gasteiger partial charge on any atom is 0.251 e. The first-order chi connectivity index (χ1) is 7.61. The number of carbonyl (C=O) groups excluding carboxylic acids is 1. The summed E-state index contributed by atoms with van der Waals surface area (Å²) >= 11 is 0. The van der Waals surface area contributed by atoms with E-state index in [4.69, 9.17) is 0 Å². The zero-order valence-corrected chi connectivity index (χ0v) is 9.72.